The standard InChI is InChI=1S/C20H18N2O2/c1-14(23)16-6-4-7-17(13-16)22-20(24)10-9-19-18-8-3-2-5-15(18)11-12-21-19/h2-10,13H,11-12H2,1H3,(H,22,24). The van der Waals surface area contributed by atoms with Crippen molar-refractivity contribution in [3.8, 4) is 0 Å². The molecule has 1 amide bonds. The molecule has 0 spiro atoms. The Kier molecular flexibility index (Phi) is 4.66. The lowest BCUT2D eigenvalue weighted by atomic mass is 9.97. The van der Waals surface area contributed by atoms with Crippen molar-refractivity contribution in [3.05, 3.63) is 77.4 Å². The molecule has 24 heavy (non-hydrogen) atoms. The first kappa shape index (κ1) is 15.9. The number of hydrogen-bond donors (Lipinski definition) is 1. The number of carbonyl (C=O) groups is 2. The summed E-state index contributed by atoms with van der Waals surface area (Å²) in [5, 5.41) is 2.77. The van der Waals surface area contributed by atoms with Crippen LogP contribution in [0.2, 0.25) is 0 Å². The Morgan fingerprint density at radius 1 is 1.12 bits per heavy atom. The molecule has 120 valence electrons. The van der Waals surface area contributed by atoms with Gasteiger partial charge in [0.25, 0.3) is 0 Å². The highest BCUT2D eigenvalue weighted by atomic mass is 16.1. The fraction of sp³-hybridized carbons (Fsp3) is 0.150. The maximum Gasteiger partial charge on any atom is 0.248 e. The van der Waals surface area contributed by atoms with Crippen molar-refractivity contribution in [3.63, 3.8) is 0 Å². The molecule has 4 heteroatoms. The maximum atomic E-state index is 12.1. The maximum absolute atomic E-state index is 12.1. The predicted molar refractivity (Wildman–Crippen MR) is 95.8 cm³/mol. The summed E-state index contributed by atoms with van der Waals surface area (Å²) in [5.41, 5.74) is 4.32. The third-order valence-corrected chi connectivity index (χ3v) is 3.89. The lowest BCUT2D eigenvalue weighted by Gasteiger charge is -2.14. The van der Waals surface area contributed by atoms with Crippen molar-refractivity contribution in [2.75, 3.05) is 11.9 Å². The van der Waals surface area contributed by atoms with Crippen LogP contribution in [0.4, 0.5) is 5.69 Å². The normalized spacial score (nSPS) is 13.3. The summed E-state index contributed by atoms with van der Waals surface area (Å²) in [5.74, 6) is -0.281. The van der Waals surface area contributed by atoms with E-state index in [1.807, 2.05) is 18.2 Å². The second-order valence-corrected chi connectivity index (χ2v) is 5.63. The highest BCUT2D eigenvalue weighted by Crippen LogP contribution is 2.16. The summed E-state index contributed by atoms with van der Waals surface area (Å²) in [4.78, 5) is 28.0. The summed E-state index contributed by atoms with van der Waals surface area (Å²) in [6.07, 6.45) is 4.14. The van der Waals surface area contributed by atoms with Gasteiger partial charge in [-0.15, -0.1) is 0 Å². The zero-order valence-electron chi connectivity index (χ0n) is 13.5. The summed E-state index contributed by atoms with van der Waals surface area (Å²) in [6, 6.07) is 15.0. The molecule has 0 radical (unpaired) electrons. The quantitative estimate of drug-likeness (QED) is 0.693. The van der Waals surface area contributed by atoms with E-state index in [-0.39, 0.29) is 11.7 Å². The highest BCUT2D eigenvalue weighted by Gasteiger charge is 2.11. The van der Waals surface area contributed by atoms with Crippen molar-refractivity contribution < 1.29 is 9.59 Å². The number of aliphatic imine (C=N–C) groups is 1. The molecule has 1 N–H and O–H groups in total. The van der Waals surface area contributed by atoms with E-state index in [1.165, 1.54) is 18.6 Å². The molecule has 3 rings (SSSR count). The molecule has 0 bridgehead atoms. The molecule has 0 unspecified atom stereocenters. The molecule has 2 aromatic rings. The number of fused-ring (bicyclic) bond motifs is 1. The lowest BCUT2D eigenvalue weighted by molar-refractivity contribution is -0.111. The number of nitrogens with one attached hydrogen (secondary N) is 1. The first-order valence-electron chi connectivity index (χ1n) is 7.86. The molecular formula is C20H18N2O2. The number of ketones is 1. The molecule has 4 nitrogen and oxygen atoms in total. The van der Waals surface area contributed by atoms with Gasteiger partial charge < -0.3 is 5.32 Å². The van der Waals surface area contributed by atoms with E-state index < -0.39 is 0 Å². The van der Waals surface area contributed by atoms with Gasteiger partial charge in [-0.2, -0.15) is 0 Å². The molecule has 0 saturated heterocycles. The van der Waals surface area contributed by atoms with E-state index in [9.17, 15) is 9.59 Å². The van der Waals surface area contributed by atoms with Crippen LogP contribution in [-0.2, 0) is 11.2 Å². The van der Waals surface area contributed by atoms with Gasteiger partial charge in [0.2, 0.25) is 5.91 Å². The van der Waals surface area contributed by atoms with Gasteiger partial charge in [-0.25, -0.2) is 0 Å². The first-order chi connectivity index (χ1) is 11.6. The number of carbonyl (C=O) groups excluding carboxylic acids is 2. The van der Waals surface area contributed by atoms with Gasteiger partial charge in [-0.3, -0.25) is 14.6 Å². The largest absolute Gasteiger partial charge is 0.322 e. The van der Waals surface area contributed by atoms with Gasteiger partial charge in [0.05, 0.1) is 5.71 Å². The van der Waals surface area contributed by atoms with Crippen LogP contribution in [0.1, 0.15) is 28.4 Å². The summed E-state index contributed by atoms with van der Waals surface area (Å²) >= 11 is 0. The Balaban J connectivity index is 1.71. The number of allylic oxidation sites excluding steroid dienone is 1. The number of amides is 1. The van der Waals surface area contributed by atoms with E-state index in [1.54, 1.807) is 30.3 Å². The second kappa shape index (κ2) is 7.04. The minimum absolute atomic E-state index is 0.0326. The monoisotopic (exact) mass is 318 g/mol. The zero-order chi connectivity index (χ0) is 16.9. The molecule has 0 aliphatic carbocycles. The fourth-order valence-electron chi connectivity index (χ4n) is 2.67. The molecule has 0 saturated carbocycles. The molecule has 0 atom stereocenters. The van der Waals surface area contributed by atoms with Crippen LogP contribution in [0.15, 0.2) is 65.7 Å². The molecule has 1 heterocycles. The number of Topliss-reactive ketones (excluding diaryl/α,β-unsaturated/α-hetero) is 1. The van der Waals surface area contributed by atoms with Crippen molar-refractivity contribution in [2.24, 2.45) is 4.99 Å². The minimum Gasteiger partial charge on any atom is -0.322 e. The Hall–Kier alpha value is -3.01. The van der Waals surface area contributed by atoms with Crippen molar-refractivity contribution in [2.45, 2.75) is 13.3 Å². The van der Waals surface area contributed by atoms with Gasteiger partial charge in [0, 0.05) is 29.4 Å². The van der Waals surface area contributed by atoms with Crippen LogP contribution < -0.4 is 5.32 Å². The minimum atomic E-state index is -0.249. The molecule has 2 aromatic carbocycles. The lowest BCUT2D eigenvalue weighted by Crippen LogP contribution is -2.13. The highest BCUT2D eigenvalue weighted by molar-refractivity contribution is 6.13. The Labute approximate surface area is 140 Å². The molecule has 1 aliphatic rings. The van der Waals surface area contributed by atoms with E-state index in [0.717, 1.165) is 24.2 Å². The topological polar surface area (TPSA) is 58.5 Å². The predicted octanol–water partition coefficient (Wildman–Crippen LogP) is 3.43. The Morgan fingerprint density at radius 2 is 1.96 bits per heavy atom. The van der Waals surface area contributed by atoms with Crippen LogP contribution in [0.3, 0.4) is 0 Å². The average molecular weight is 318 g/mol. The number of benzene rings is 2. The average Bonchev–Trinajstić information content (AvgIpc) is 2.60. The Morgan fingerprint density at radius 3 is 2.79 bits per heavy atom. The number of nitrogens with zero attached hydrogens (tertiary/aromatic N) is 1. The third-order valence-electron chi connectivity index (χ3n) is 3.89. The summed E-state index contributed by atoms with van der Waals surface area (Å²) in [6.45, 7) is 2.23. The second-order valence-electron chi connectivity index (χ2n) is 5.63. The van der Waals surface area contributed by atoms with Gasteiger partial charge in [-0.1, -0.05) is 36.4 Å². The third kappa shape index (κ3) is 3.66. The van der Waals surface area contributed by atoms with Crippen LogP contribution in [0.25, 0.3) is 0 Å². The number of anilines is 1. The number of hydrogen-bond acceptors (Lipinski definition) is 3. The number of rotatable bonds is 4. The van der Waals surface area contributed by atoms with Gasteiger partial charge in [-0.05, 0) is 37.1 Å². The zero-order valence-corrected chi connectivity index (χ0v) is 13.5. The van der Waals surface area contributed by atoms with E-state index >= 15 is 0 Å². The van der Waals surface area contributed by atoms with Crippen LogP contribution in [-0.4, -0.2) is 23.9 Å². The van der Waals surface area contributed by atoms with Crippen LogP contribution in [0, 0.1) is 0 Å². The van der Waals surface area contributed by atoms with Crippen molar-refractivity contribution in [1.29, 1.82) is 0 Å². The van der Waals surface area contributed by atoms with E-state index in [0.29, 0.717) is 11.3 Å². The van der Waals surface area contributed by atoms with E-state index in [2.05, 4.69) is 16.4 Å². The SMILES string of the molecule is CC(=O)c1cccc(NC(=O)C=CC2=NCCc3ccccc32)c1. The molecule has 1 aliphatic heterocycles. The van der Waals surface area contributed by atoms with Crippen LogP contribution in [0.5, 0.6) is 0 Å². The van der Waals surface area contributed by atoms with E-state index in [4.69, 9.17) is 0 Å². The van der Waals surface area contributed by atoms with Gasteiger partial charge in [0.1, 0.15) is 0 Å². The Bertz CT molecular complexity index is 850. The summed E-state index contributed by atoms with van der Waals surface area (Å²) in [7, 11) is 0. The molecule has 0 fully saturated rings. The smallest absolute Gasteiger partial charge is 0.248 e. The molecule has 0 aromatic heterocycles. The van der Waals surface area contributed by atoms with Gasteiger partial charge in [0.15, 0.2) is 5.78 Å². The first-order valence-corrected chi connectivity index (χ1v) is 7.86. The van der Waals surface area contributed by atoms with Crippen molar-refractivity contribution in [1.82, 2.24) is 0 Å². The van der Waals surface area contributed by atoms with Gasteiger partial charge >= 0.3 is 0 Å². The van der Waals surface area contributed by atoms with Crippen LogP contribution >= 0.6 is 0 Å². The molecular weight excluding hydrogens is 300 g/mol. The fourth-order valence-corrected chi connectivity index (χ4v) is 2.67. The van der Waals surface area contributed by atoms with Crippen molar-refractivity contribution >= 4 is 23.1 Å². The summed E-state index contributed by atoms with van der Waals surface area (Å²) < 4.78 is 0.